The smallest absolute Gasteiger partial charge is 0.307 e. The number of fused-ring (bicyclic) bond motifs is 1. The molecule has 0 atom stereocenters. The molecular formula is C19H21NO3. The number of hydrogen-bond donors (Lipinski definition) is 2. The molecule has 0 radical (unpaired) electrons. The number of aromatic nitrogens is 1. The maximum Gasteiger partial charge on any atom is 0.307 e. The number of rotatable bonds is 6. The van der Waals surface area contributed by atoms with Crippen LogP contribution in [0, 0.1) is 6.92 Å². The van der Waals surface area contributed by atoms with Crippen LogP contribution in [-0.4, -0.2) is 20.7 Å². The maximum atomic E-state index is 11.0. The Morgan fingerprint density at radius 2 is 2.04 bits per heavy atom. The number of nitrogens with zero attached hydrogens (tertiary/aromatic N) is 1. The van der Waals surface area contributed by atoms with Crippen LogP contribution in [0.1, 0.15) is 18.2 Å². The second-order valence-electron chi connectivity index (χ2n) is 5.48. The standard InChI is InChI=1S/C19H21NO3/c1-4-15(9-8-14(3)21)12-20-13(2)10-17-16(11-19(22)23)6-5-7-18(17)20/h4-10,21H,3,11-12H2,1-2H3,(H,22,23)/b9-8-,15-4+. The predicted molar refractivity (Wildman–Crippen MR) is 92.7 cm³/mol. The van der Waals surface area contributed by atoms with E-state index in [2.05, 4.69) is 11.1 Å². The topological polar surface area (TPSA) is 62.5 Å². The van der Waals surface area contributed by atoms with Crippen LogP contribution < -0.4 is 0 Å². The molecule has 4 nitrogen and oxygen atoms in total. The van der Waals surface area contributed by atoms with E-state index in [1.165, 1.54) is 0 Å². The molecule has 0 spiro atoms. The van der Waals surface area contributed by atoms with Crippen LogP contribution in [0.25, 0.3) is 10.9 Å². The minimum Gasteiger partial charge on any atom is -0.509 e. The van der Waals surface area contributed by atoms with Crippen LogP contribution in [0.5, 0.6) is 0 Å². The van der Waals surface area contributed by atoms with Gasteiger partial charge in [0.25, 0.3) is 0 Å². The number of aliphatic carboxylic acids is 1. The van der Waals surface area contributed by atoms with Crippen molar-refractivity contribution in [3.63, 3.8) is 0 Å². The number of carbonyl (C=O) groups is 1. The van der Waals surface area contributed by atoms with Gasteiger partial charge in [0.15, 0.2) is 0 Å². The molecule has 0 saturated heterocycles. The van der Waals surface area contributed by atoms with Crippen molar-refractivity contribution in [1.29, 1.82) is 0 Å². The van der Waals surface area contributed by atoms with Gasteiger partial charge in [-0.15, -0.1) is 0 Å². The number of carboxylic acids is 1. The zero-order valence-corrected chi connectivity index (χ0v) is 13.4. The van der Waals surface area contributed by atoms with Crippen molar-refractivity contribution in [2.45, 2.75) is 26.8 Å². The summed E-state index contributed by atoms with van der Waals surface area (Å²) in [5.74, 6) is -0.816. The molecule has 0 amide bonds. The molecule has 2 aromatic rings. The zero-order valence-electron chi connectivity index (χ0n) is 13.4. The lowest BCUT2D eigenvalue weighted by atomic mass is 10.1. The summed E-state index contributed by atoms with van der Waals surface area (Å²) in [6, 6.07) is 7.76. The first-order valence-electron chi connectivity index (χ1n) is 7.43. The van der Waals surface area contributed by atoms with E-state index in [4.69, 9.17) is 5.11 Å². The number of carboxylic acid groups (broad SMARTS) is 1. The molecule has 23 heavy (non-hydrogen) atoms. The Bertz CT molecular complexity index is 809. The highest BCUT2D eigenvalue weighted by Crippen LogP contribution is 2.25. The summed E-state index contributed by atoms with van der Waals surface area (Å²) >= 11 is 0. The van der Waals surface area contributed by atoms with E-state index in [9.17, 15) is 9.90 Å². The predicted octanol–water partition coefficient (Wildman–Crippen LogP) is 4.15. The second kappa shape index (κ2) is 7.01. The Balaban J connectivity index is 2.43. The van der Waals surface area contributed by atoms with E-state index in [1.54, 1.807) is 6.08 Å². The van der Waals surface area contributed by atoms with Crippen LogP contribution in [0.15, 0.2) is 60.4 Å². The van der Waals surface area contributed by atoms with Gasteiger partial charge in [-0.2, -0.15) is 0 Å². The fraction of sp³-hybridized carbons (Fsp3) is 0.211. The van der Waals surface area contributed by atoms with Gasteiger partial charge < -0.3 is 14.8 Å². The molecule has 0 saturated carbocycles. The van der Waals surface area contributed by atoms with Crippen molar-refractivity contribution in [3.05, 3.63) is 71.7 Å². The summed E-state index contributed by atoms with van der Waals surface area (Å²) in [6.45, 7) is 8.04. The van der Waals surface area contributed by atoms with Gasteiger partial charge in [-0.3, -0.25) is 4.79 Å². The van der Waals surface area contributed by atoms with Gasteiger partial charge in [-0.25, -0.2) is 0 Å². The number of allylic oxidation sites excluding steroid dienone is 4. The van der Waals surface area contributed by atoms with Crippen LogP contribution in [0.4, 0.5) is 0 Å². The van der Waals surface area contributed by atoms with Gasteiger partial charge in [0, 0.05) is 23.1 Å². The average molecular weight is 311 g/mol. The maximum absolute atomic E-state index is 11.0. The van der Waals surface area contributed by atoms with E-state index < -0.39 is 5.97 Å². The van der Waals surface area contributed by atoms with Gasteiger partial charge >= 0.3 is 5.97 Å². The molecule has 1 aromatic heterocycles. The molecule has 0 fully saturated rings. The summed E-state index contributed by atoms with van der Waals surface area (Å²) < 4.78 is 2.14. The Morgan fingerprint density at radius 1 is 1.30 bits per heavy atom. The minimum absolute atomic E-state index is 0.0154. The fourth-order valence-electron chi connectivity index (χ4n) is 2.63. The molecule has 0 aliphatic carbocycles. The molecule has 1 aromatic carbocycles. The largest absolute Gasteiger partial charge is 0.509 e. The summed E-state index contributed by atoms with van der Waals surface area (Å²) in [5, 5.41) is 19.2. The molecule has 2 N–H and O–H groups in total. The quantitative estimate of drug-likeness (QED) is 0.622. The first kappa shape index (κ1) is 16.6. The Kier molecular flexibility index (Phi) is 5.06. The third kappa shape index (κ3) is 3.92. The number of benzene rings is 1. The average Bonchev–Trinajstić information content (AvgIpc) is 2.80. The molecule has 1 heterocycles. The Labute approximate surface area is 135 Å². The number of aryl methyl sites for hydroxylation is 1. The summed E-state index contributed by atoms with van der Waals surface area (Å²) in [4.78, 5) is 11.0. The van der Waals surface area contributed by atoms with Crippen molar-refractivity contribution >= 4 is 16.9 Å². The van der Waals surface area contributed by atoms with E-state index in [1.807, 2.05) is 50.3 Å². The molecule has 0 unspecified atom stereocenters. The number of hydrogen-bond acceptors (Lipinski definition) is 2. The van der Waals surface area contributed by atoms with Crippen LogP contribution in [-0.2, 0) is 17.8 Å². The first-order valence-corrected chi connectivity index (χ1v) is 7.43. The normalized spacial score (nSPS) is 12.2. The summed E-state index contributed by atoms with van der Waals surface area (Å²) in [7, 11) is 0. The van der Waals surface area contributed by atoms with Gasteiger partial charge in [0.1, 0.15) is 5.76 Å². The minimum atomic E-state index is -0.832. The fourth-order valence-corrected chi connectivity index (χ4v) is 2.63. The van der Waals surface area contributed by atoms with Gasteiger partial charge in [-0.1, -0.05) is 30.9 Å². The molecule has 120 valence electrons. The zero-order chi connectivity index (χ0) is 17.0. The Morgan fingerprint density at radius 3 is 2.65 bits per heavy atom. The van der Waals surface area contributed by atoms with Crippen molar-refractivity contribution in [1.82, 2.24) is 4.57 Å². The van der Waals surface area contributed by atoms with E-state index in [0.29, 0.717) is 6.54 Å². The third-order valence-electron chi connectivity index (χ3n) is 3.79. The van der Waals surface area contributed by atoms with Crippen molar-refractivity contribution in [2.24, 2.45) is 0 Å². The lowest BCUT2D eigenvalue weighted by molar-refractivity contribution is -0.136. The van der Waals surface area contributed by atoms with Crippen molar-refractivity contribution in [2.75, 3.05) is 0 Å². The van der Waals surface area contributed by atoms with Gasteiger partial charge in [0.2, 0.25) is 0 Å². The molecule has 4 heteroatoms. The highest BCUT2D eigenvalue weighted by atomic mass is 16.4. The van der Waals surface area contributed by atoms with Crippen LogP contribution in [0.3, 0.4) is 0 Å². The van der Waals surface area contributed by atoms with E-state index in [0.717, 1.165) is 27.7 Å². The first-order chi connectivity index (χ1) is 10.9. The molecule has 2 rings (SSSR count). The van der Waals surface area contributed by atoms with Crippen LogP contribution in [0.2, 0.25) is 0 Å². The lowest BCUT2D eigenvalue weighted by Crippen LogP contribution is -2.03. The molecule has 0 bridgehead atoms. The summed E-state index contributed by atoms with van der Waals surface area (Å²) in [5.41, 5.74) is 3.92. The van der Waals surface area contributed by atoms with Gasteiger partial charge in [0.05, 0.1) is 6.42 Å². The number of aliphatic hydroxyl groups excluding tert-OH is 1. The highest BCUT2D eigenvalue weighted by molar-refractivity contribution is 5.88. The highest BCUT2D eigenvalue weighted by Gasteiger charge is 2.11. The number of aliphatic hydroxyl groups is 1. The lowest BCUT2D eigenvalue weighted by Gasteiger charge is -2.10. The summed E-state index contributed by atoms with van der Waals surface area (Å²) in [6.07, 6.45) is 5.38. The van der Waals surface area contributed by atoms with E-state index in [-0.39, 0.29) is 12.2 Å². The molecular weight excluding hydrogens is 290 g/mol. The van der Waals surface area contributed by atoms with Gasteiger partial charge in [-0.05, 0) is 43.2 Å². The van der Waals surface area contributed by atoms with Crippen molar-refractivity contribution in [3.8, 4) is 0 Å². The third-order valence-corrected chi connectivity index (χ3v) is 3.79. The second-order valence-corrected chi connectivity index (χ2v) is 5.48. The molecule has 0 aliphatic rings. The monoisotopic (exact) mass is 311 g/mol. The Hall–Kier alpha value is -2.75. The van der Waals surface area contributed by atoms with Crippen LogP contribution >= 0.6 is 0 Å². The van der Waals surface area contributed by atoms with E-state index >= 15 is 0 Å². The van der Waals surface area contributed by atoms with Crippen molar-refractivity contribution < 1.29 is 15.0 Å². The SMILES string of the molecule is C=C(O)/C=C\C(=C/C)Cn1c(C)cc2c(CC(=O)O)cccc21. The molecule has 0 aliphatic heterocycles.